The van der Waals surface area contributed by atoms with E-state index in [0.29, 0.717) is 6.54 Å². The monoisotopic (exact) mass is 459 g/mol. The number of benzene rings is 1. The molecule has 0 fully saturated rings. The first-order valence-corrected chi connectivity index (χ1v) is 8.19. The van der Waals surface area contributed by atoms with Crippen molar-refractivity contribution >= 4 is 29.9 Å². The summed E-state index contributed by atoms with van der Waals surface area (Å²) in [6.07, 6.45) is 1.75. The summed E-state index contributed by atoms with van der Waals surface area (Å²) in [5.41, 5.74) is 4.40. The van der Waals surface area contributed by atoms with Gasteiger partial charge < -0.3 is 10.6 Å². The average Bonchev–Trinajstić information content (AvgIpc) is 2.80. The van der Waals surface area contributed by atoms with Crippen molar-refractivity contribution in [3.8, 4) is 0 Å². The average molecular weight is 459 g/mol. The highest BCUT2D eigenvalue weighted by Gasteiger charge is 2.09. The van der Waals surface area contributed by atoms with Gasteiger partial charge in [0.25, 0.3) is 0 Å². The normalized spacial score (nSPS) is 11.2. The molecule has 0 spiro atoms. The molecule has 2 rings (SSSR count). The van der Waals surface area contributed by atoms with E-state index in [9.17, 15) is 4.39 Å². The van der Waals surface area contributed by atoms with Crippen molar-refractivity contribution in [3.63, 3.8) is 0 Å². The molecule has 25 heavy (non-hydrogen) atoms. The van der Waals surface area contributed by atoms with E-state index in [4.69, 9.17) is 0 Å². The number of rotatable bonds is 6. The third-order valence-corrected chi connectivity index (χ3v) is 4.14. The van der Waals surface area contributed by atoms with Crippen LogP contribution in [-0.4, -0.2) is 29.3 Å². The Morgan fingerprint density at radius 1 is 1.28 bits per heavy atom. The lowest BCUT2D eigenvalue weighted by Gasteiger charge is -2.12. The molecule has 0 bridgehead atoms. The molecule has 5 nitrogen and oxygen atoms in total. The highest BCUT2D eigenvalue weighted by Crippen LogP contribution is 2.11. The van der Waals surface area contributed by atoms with Crippen LogP contribution < -0.4 is 10.6 Å². The third-order valence-electron chi connectivity index (χ3n) is 4.14. The lowest BCUT2D eigenvalue weighted by atomic mass is 10.1. The highest BCUT2D eigenvalue weighted by atomic mass is 127. The van der Waals surface area contributed by atoms with Crippen LogP contribution >= 0.6 is 24.0 Å². The minimum absolute atomic E-state index is 0. The van der Waals surface area contributed by atoms with Gasteiger partial charge in [-0.3, -0.25) is 9.67 Å². The molecule has 0 aliphatic heterocycles. The minimum atomic E-state index is -0.180. The summed E-state index contributed by atoms with van der Waals surface area (Å²) < 4.78 is 15.0. The number of hydrogen-bond donors (Lipinski definition) is 2. The lowest BCUT2D eigenvalue weighted by Crippen LogP contribution is -2.37. The van der Waals surface area contributed by atoms with E-state index < -0.39 is 0 Å². The molecule has 0 radical (unpaired) electrons. The molecule has 0 aliphatic rings. The van der Waals surface area contributed by atoms with E-state index in [1.165, 1.54) is 11.6 Å². The molecule has 2 N–H and O–H groups in total. The van der Waals surface area contributed by atoms with Gasteiger partial charge in [-0.15, -0.1) is 24.0 Å². The van der Waals surface area contributed by atoms with Crippen molar-refractivity contribution in [2.45, 2.75) is 33.2 Å². The predicted octanol–water partition coefficient (Wildman–Crippen LogP) is 3.09. The van der Waals surface area contributed by atoms with E-state index in [2.05, 4.69) is 27.6 Å². The van der Waals surface area contributed by atoms with E-state index in [1.54, 1.807) is 19.2 Å². The smallest absolute Gasteiger partial charge is 0.191 e. The van der Waals surface area contributed by atoms with E-state index in [1.807, 2.05) is 24.7 Å². The lowest BCUT2D eigenvalue weighted by molar-refractivity contribution is 0.624. The molecule has 7 heteroatoms. The van der Waals surface area contributed by atoms with Crippen LogP contribution in [0, 0.1) is 19.7 Å². The Kier molecular flexibility index (Phi) is 8.88. The number of nitrogens with zero attached hydrogens (tertiary/aromatic N) is 3. The zero-order valence-corrected chi connectivity index (χ0v) is 17.6. The third kappa shape index (κ3) is 6.30. The maximum atomic E-state index is 13.1. The highest BCUT2D eigenvalue weighted by molar-refractivity contribution is 14.0. The van der Waals surface area contributed by atoms with Gasteiger partial charge in [-0.2, -0.15) is 5.10 Å². The molecule has 1 aromatic carbocycles. The Hall–Kier alpha value is -1.64. The maximum absolute atomic E-state index is 13.1. The van der Waals surface area contributed by atoms with Crippen LogP contribution in [0.1, 0.15) is 28.9 Å². The van der Waals surface area contributed by atoms with Crippen molar-refractivity contribution < 1.29 is 4.39 Å². The van der Waals surface area contributed by atoms with Crippen molar-refractivity contribution in [1.29, 1.82) is 0 Å². The molecule has 2 aromatic rings. The van der Waals surface area contributed by atoms with Crippen LogP contribution in [0.25, 0.3) is 0 Å². The molecule has 0 unspecified atom stereocenters. The molecule has 0 atom stereocenters. The van der Waals surface area contributed by atoms with E-state index >= 15 is 0 Å². The summed E-state index contributed by atoms with van der Waals surface area (Å²) >= 11 is 0. The van der Waals surface area contributed by atoms with Crippen molar-refractivity contribution in [3.05, 3.63) is 52.6 Å². The summed E-state index contributed by atoms with van der Waals surface area (Å²) in [6.45, 7) is 5.54. The zero-order valence-electron chi connectivity index (χ0n) is 15.3. The SMILES string of the molecule is CN=C(NCCCc1cccc(F)c1)NCc1c(C)nn(C)c1C.I. The standard InChI is InChI=1S/C18H26FN5.HI/c1-13-17(14(2)24(4)23-13)12-22-18(20-3)21-10-6-8-15-7-5-9-16(19)11-15;/h5,7,9,11H,6,8,10,12H2,1-4H3,(H2,20,21,22);1H. The summed E-state index contributed by atoms with van der Waals surface area (Å²) in [4.78, 5) is 4.24. The topological polar surface area (TPSA) is 54.2 Å². The molecule has 0 aliphatic carbocycles. The fraction of sp³-hybridized carbons (Fsp3) is 0.444. The number of aryl methyl sites for hydroxylation is 3. The second-order valence-corrected chi connectivity index (χ2v) is 5.86. The zero-order chi connectivity index (χ0) is 17.5. The van der Waals surface area contributed by atoms with Gasteiger partial charge in [-0.05, 0) is 44.4 Å². The van der Waals surface area contributed by atoms with Crippen LogP contribution in [-0.2, 0) is 20.0 Å². The first-order chi connectivity index (χ1) is 11.5. The van der Waals surface area contributed by atoms with Gasteiger partial charge in [-0.1, -0.05) is 12.1 Å². The number of nitrogens with one attached hydrogen (secondary N) is 2. The van der Waals surface area contributed by atoms with Crippen LogP contribution in [0.15, 0.2) is 29.3 Å². The second-order valence-electron chi connectivity index (χ2n) is 5.86. The van der Waals surface area contributed by atoms with Gasteiger partial charge in [0.1, 0.15) is 5.82 Å². The number of hydrogen-bond acceptors (Lipinski definition) is 2. The van der Waals surface area contributed by atoms with Gasteiger partial charge in [-0.25, -0.2) is 4.39 Å². The Labute approximate surface area is 166 Å². The summed E-state index contributed by atoms with van der Waals surface area (Å²) in [6, 6.07) is 6.75. The summed E-state index contributed by atoms with van der Waals surface area (Å²) in [7, 11) is 3.70. The van der Waals surface area contributed by atoms with Gasteiger partial charge in [0.15, 0.2) is 5.96 Å². The van der Waals surface area contributed by atoms with Crippen LogP contribution in [0.2, 0.25) is 0 Å². The van der Waals surface area contributed by atoms with E-state index in [0.717, 1.165) is 42.3 Å². The first-order valence-electron chi connectivity index (χ1n) is 8.19. The van der Waals surface area contributed by atoms with Crippen molar-refractivity contribution in [1.82, 2.24) is 20.4 Å². The Morgan fingerprint density at radius 3 is 2.64 bits per heavy atom. The van der Waals surface area contributed by atoms with Gasteiger partial charge in [0.05, 0.1) is 5.69 Å². The molecule has 1 heterocycles. The number of aliphatic imine (C=N–C) groups is 1. The second kappa shape index (κ2) is 10.4. The summed E-state index contributed by atoms with van der Waals surface area (Å²) in [5, 5.41) is 11.0. The molecule has 138 valence electrons. The fourth-order valence-corrected chi connectivity index (χ4v) is 2.66. The Morgan fingerprint density at radius 2 is 2.04 bits per heavy atom. The number of halogens is 2. The molecule has 1 aromatic heterocycles. The van der Waals surface area contributed by atoms with Crippen molar-refractivity contribution in [2.24, 2.45) is 12.0 Å². The van der Waals surface area contributed by atoms with Crippen LogP contribution in [0.5, 0.6) is 0 Å². The predicted molar refractivity (Wildman–Crippen MR) is 111 cm³/mol. The quantitative estimate of drug-likeness (QED) is 0.302. The van der Waals surface area contributed by atoms with Gasteiger partial charge >= 0.3 is 0 Å². The molecule has 0 amide bonds. The Balaban J connectivity index is 0.00000312. The van der Waals surface area contributed by atoms with Gasteiger partial charge in [0.2, 0.25) is 0 Å². The largest absolute Gasteiger partial charge is 0.356 e. The molecule has 0 saturated heterocycles. The number of guanidine groups is 1. The maximum Gasteiger partial charge on any atom is 0.191 e. The molecular formula is C18H27FIN5. The van der Waals surface area contributed by atoms with Crippen LogP contribution in [0.3, 0.4) is 0 Å². The molecule has 0 saturated carbocycles. The fourth-order valence-electron chi connectivity index (χ4n) is 2.66. The first kappa shape index (κ1) is 21.4. The Bertz CT molecular complexity index is 711. The number of aromatic nitrogens is 2. The summed E-state index contributed by atoms with van der Waals surface area (Å²) in [5.74, 6) is 0.581. The van der Waals surface area contributed by atoms with Crippen LogP contribution in [0.4, 0.5) is 4.39 Å². The minimum Gasteiger partial charge on any atom is -0.356 e. The van der Waals surface area contributed by atoms with Gasteiger partial charge in [0, 0.05) is 38.4 Å². The van der Waals surface area contributed by atoms with E-state index in [-0.39, 0.29) is 29.8 Å². The molecular weight excluding hydrogens is 432 g/mol. The van der Waals surface area contributed by atoms with Crippen molar-refractivity contribution in [2.75, 3.05) is 13.6 Å².